The van der Waals surface area contributed by atoms with Crippen molar-refractivity contribution in [3.63, 3.8) is 0 Å². The number of anilines is 1. The first-order chi connectivity index (χ1) is 12.4. The molecule has 0 saturated heterocycles. The molecule has 5 nitrogen and oxygen atoms in total. The summed E-state index contributed by atoms with van der Waals surface area (Å²) in [6.07, 6.45) is 0. The summed E-state index contributed by atoms with van der Waals surface area (Å²) in [7, 11) is 0. The van der Waals surface area contributed by atoms with Gasteiger partial charge in [0.2, 0.25) is 0 Å². The van der Waals surface area contributed by atoms with E-state index in [0.29, 0.717) is 32.6 Å². The number of nitrogens with one attached hydrogen (secondary N) is 3. The summed E-state index contributed by atoms with van der Waals surface area (Å²) in [5.41, 5.74) is 2.99. The molecule has 0 aromatic heterocycles. The molecule has 0 spiro atoms. The lowest BCUT2D eigenvalue weighted by molar-refractivity contribution is -0.113. The van der Waals surface area contributed by atoms with E-state index in [1.165, 1.54) is 0 Å². The number of allylic oxidation sites excluding steroid dienone is 1. The molecule has 7 heteroatoms. The maximum Gasteiger partial charge on any atom is 0.319 e. The van der Waals surface area contributed by atoms with Gasteiger partial charge in [-0.25, -0.2) is 4.79 Å². The van der Waals surface area contributed by atoms with Crippen LogP contribution in [0.1, 0.15) is 24.1 Å². The Morgan fingerprint density at radius 1 is 1.08 bits per heavy atom. The van der Waals surface area contributed by atoms with Crippen molar-refractivity contribution >= 4 is 40.8 Å². The minimum atomic E-state index is -0.654. The van der Waals surface area contributed by atoms with Gasteiger partial charge in [0.25, 0.3) is 5.91 Å². The molecule has 1 atom stereocenters. The molecule has 1 aliphatic rings. The highest BCUT2D eigenvalue weighted by molar-refractivity contribution is 6.32. The number of carbonyl (C=O) groups is 2. The molecular formula is C19H17Cl2N3O2. The number of hydrogen-bond donors (Lipinski definition) is 3. The molecule has 3 amide bonds. The average molecular weight is 390 g/mol. The smallest absolute Gasteiger partial charge is 0.319 e. The maximum atomic E-state index is 12.9. The predicted molar refractivity (Wildman–Crippen MR) is 103 cm³/mol. The first kappa shape index (κ1) is 18.3. The molecule has 1 heterocycles. The van der Waals surface area contributed by atoms with Crippen molar-refractivity contribution in [1.29, 1.82) is 0 Å². The van der Waals surface area contributed by atoms with Gasteiger partial charge >= 0.3 is 6.03 Å². The summed E-state index contributed by atoms with van der Waals surface area (Å²) in [6, 6.07) is 11.3. The van der Waals surface area contributed by atoms with Crippen LogP contribution in [-0.2, 0) is 4.79 Å². The van der Waals surface area contributed by atoms with E-state index in [4.69, 9.17) is 23.2 Å². The molecular weight excluding hydrogens is 373 g/mol. The predicted octanol–water partition coefficient (Wildman–Crippen LogP) is 4.57. The Hall–Kier alpha value is -2.50. The number of halogens is 2. The van der Waals surface area contributed by atoms with Crippen LogP contribution in [0.4, 0.5) is 10.5 Å². The van der Waals surface area contributed by atoms with Gasteiger partial charge < -0.3 is 16.0 Å². The van der Waals surface area contributed by atoms with Crippen molar-refractivity contribution in [1.82, 2.24) is 10.6 Å². The van der Waals surface area contributed by atoms with Crippen LogP contribution in [-0.4, -0.2) is 11.9 Å². The lowest BCUT2D eigenvalue weighted by Crippen LogP contribution is -2.46. The van der Waals surface area contributed by atoms with E-state index in [1.54, 1.807) is 43.3 Å². The number of amides is 3. The van der Waals surface area contributed by atoms with Gasteiger partial charge in [-0.1, -0.05) is 47.5 Å². The van der Waals surface area contributed by atoms with Crippen molar-refractivity contribution in [2.45, 2.75) is 19.9 Å². The number of rotatable bonds is 3. The second-order valence-corrected chi connectivity index (χ2v) is 6.82. The van der Waals surface area contributed by atoms with Crippen molar-refractivity contribution in [2.24, 2.45) is 0 Å². The normalized spacial score (nSPS) is 16.8. The Balaban J connectivity index is 1.97. The van der Waals surface area contributed by atoms with Crippen LogP contribution in [0.2, 0.25) is 10.0 Å². The zero-order chi connectivity index (χ0) is 18.8. The summed E-state index contributed by atoms with van der Waals surface area (Å²) >= 11 is 12.4. The Kier molecular flexibility index (Phi) is 5.20. The molecule has 0 saturated carbocycles. The lowest BCUT2D eigenvalue weighted by atomic mass is 9.94. The van der Waals surface area contributed by atoms with Gasteiger partial charge in [-0.3, -0.25) is 4.79 Å². The van der Waals surface area contributed by atoms with E-state index in [9.17, 15) is 9.59 Å². The lowest BCUT2D eigenvalue weighted by Gasteiger charge is -2.29. The molecule has 2 aromatic carbocycles. The standard InChI is InChI=1S/C19H17Cl2N3O2/c1-10-7-8-12(9-15(10)21)23-18(25)16-11(2)22-19(26)24-17(16)13-5-3-4-6-14(13)20/h3-9,17H,1-2H3,(H,23,25)(H2,22,24,26). The van der Waals surface area contributed by atoms with E-state index < -0.39 is 6.04 Å². The van der Waals surface area contributed by atoms with Crippen LogP contribution in [0.3, 0.4) is 0 Å². The number of carbonyl (C=O) groups excluding carboxylic acids is 2. The highest BCUT2D eigenvalue weighted by Gasteiger charge is 2.32. The Morgan fingerprint density at radius 2 is 1.81 bits per heavy atom. The number of hydrogen-bond acceptors (Lipinski definition) is 2. The van der Waals surface area contributed by atoms with E-state index in [0.717, 1.165) is 5.56 Å². The molecule has 0 fully saturated rings. The third kappa shape index (κ3) is 3.69. The minimum absolute atomic E-state index is 0.347. The van der Waals surface area contributed by atoms with E-state index in [1.807, 2.05) is 13.0 Å². The highest BCUT2D eigenvalue weighted by Crippen LogP contribution is 2.32. The van der Waals surface area contributed by atoms with Gasteiger partial charge in [0, 0.05) is 21.4 Å². The van der Waals surface area contributed by atoms with Gasteiger partial charge in [0.1, 0.15) is 0 Å². The van der Waals surface area contributed by atoms with E-state index >= 15 is 0 Å². The second kappa shape index (κ2) is 7.40. The van der Waals surface area contributed by atoms with Crippen LogP contribution < -0.4 is 16.0 Å². The maximum absolute atomic E-state index is 12.9. The van der Waals surface area contributed by atoms with Crippen LogP contribution in [0, 0.1) is 6.92 Å². The molecule has 134 valence electrons. The van der Waals surface area contributed by atoms with Gasteiger partial charge in [0.15, 0.2) is 0 Å². The Morgan fingerprint density at radius 3 is 2.50 bits per heavy atom. The molecule has 1 unspecified atom stereocenters. The first-order valence-electron chi connectivity index (χ1n) is 7.97. The van der Waals surface area contributed by atoms with Gasteiger partial charge in [-0.2, -0.15) is 0 Å². The molecule has 3 N–H and O–H groups in total. The highest BCUT2D eigenvalue weighted by atomic mass is 35.5. The largest absolute Gasteiger partial charge is 0.327 e. The molecule has 1 aliphatic heterocycles. The summed E-state index contributed by atoms with van der Waals surface area (Å²) in [4.78, 5) is 24.9. The molecule has 0 bridgehead atoms. The van der Waals surface area contributed by atoms with Crippen molar-refractivity contribution in [3.05, 3.63) is 74.9 Å². The Labute approximate surface area is 161 Å². The first-order valence-corrected chi connectivity index (χ1v) is 8.72. The van der Waals surface area contributed by atoms with Crippen molar-refractivity contribution in [3.8, 4) is 0 Å². The molecule has 2 aromatic rings. The molecule has 26 heavy (non-hydrogen) atoms. The SMILES string of the molecule is CC1=C(C(=O)Nc2ccc(C)c(Cl)c2)C(c2ccccc2Cl)NC(=O)N1. The van der Waals surface area contributed by atoms with E-state index in [-0.39, 0.29) is 11.9 Å². The summed E-state index contributed by atoms with van der Waals surface area (Å²) in [5.74, 6) is -0.347. The molecule has 0 aliphatic carbocycles. The number of aryl methyl sites for hydroxylation is 1. The molecule has 3 rings (SSSR count). The topological polar surface area (TPSA) is 70.2 Å². The van der Waals surface area contributed by atoms with Crippen LogP contribution >= 0.6 is 23.2 Å². The fraction of sp³-hybridized carbons (Fsp3) is 0.158. The van der Waals surface area contributed by atoms with E-state index in [2.05, 4.69) is 16.0 Å². The zero-order valence-corrected chi connectivity index (χ0v) is 15.7. The second-order valence-electron chi connectivity index (χ2n) is 6.01. The summed E-state index contributed by atoms with van der Waals surface area (Å²) in [5, 5.41) is 9.26. The third-order valence-corrected chi connectivity index (χ3v) is 4.91. The van der Waals surface area contributed by atoms with Gasteiger partial charge in [-0.05, 0) is 43.2 Å². The third-order valence-electron chi connectivity index (χ3n) is 4.16. The fourth-order valence-corrected chi connectivity index (χ4v) is 3.23. The monoisotopic (exact) mass is 389 g/mol. The summed E-state index contributed by atoms with van der Waals surface area (Å²) in [6.45, 7) is 3.56. The quantitative estimate of drug-likeness (QED) is 0.719. The zero-order valence-electron chi connectivity index (χ0n) is 14.2. The van der Waals surface area contributed by atoms with Gasteiger partial charge in [0.05, 0.1) is 11.6 Å². The van der Waals surface area contributed by atoms with Gasteiger partial charge in [-0.15, -0.1) is 0 Å². The van der Waals surface area contributed by atoms with Crippen molar-refractivity contribution in [2.75, 3.05) is 5.32 Å². The van der Waals surface area contributed by atoms with Crippen LogP contribution in [0.25, 0.3) is 0 Å². The fourth-order valence-electron chi connectivity index (χ4n) is 2.81. The number of benzene rings is 2. The minimum Gasteiger partial charge on any atom is -0.327 e. The van der Waals surface area contributed by atoms with Crippen LogP contribution in [0.15, 0.2) is 53.7 Å². The van der Waals surface area contributed by atoms with Crippen molar-refractivity contribution < 1.29 is 9.59 Å². The Bertz CT molecular complexity index is 925. The van der Waals surface area contributed by atoms with Crippen LogP contribution in [0.5, 0.6) is 0 Å². The summed E-state index contributed by atoms with van der Waals surface area (Å²) < 4.78 is 0. The number of urea groups is 1. The average Bonchev–Trinajstić information content (AvgIpc) is 2.57. The molecule has 0 radical (unpaired) electrons.